The van der Waals surface area contributed by atoms with E-state index in [1.165, 1.54) is 25.9 Å². The summed E-state index contributed by atoms with van der Waals surface area (Å²) in [6, 6.07) is 14.4. The van der Waals surface area contributed by atoms with Crippen LogP contribution in [-0.2, 0) is 10.0 Å². The van der Waals surface area contributed by atoms with Gasteiger partial charge in [0, 0.05) is 38.1 Å². The maximum Gasteiger partial charge on any atom is 0.241 e. The van der Waals surface area contributed by atoms with Crippen LogP contribution in [0.15, 0.2) is 59.6 Å². The van der Waals surface area contributed by atoms with Gasteiger partial charge in [0.1, 0.15) is 18.2 Å². The molecule has 1 aliphatic rings. The lowest BCUT2D eigenvalue weighted by molar-refractivity contribution is 0.238. The summed E-state index contributed by atoms with van der Waals surface area (Å²) >= 11 is 0. The molecule has 9 nitrogen and oxygen atoms in total. The monoisotopic (exact) mass is 574 g/mol. The molecule has 10 heteroatoms. The van der Waals surface area contributed by atoms with Gasteiger partial charge < -0.3 is 15.4 Å². The number of benzene rings is 2. The van der Waals surface area contributed by atoms with Crippen LogP contribution in [0.5, 0.6) is 5.75 Å². The molecule has 1 saturated heterocycles. The molecule has 0 aliphatic carbocycles. The van der Waals surface area contributed by atoms with Gasteiger partial charge in [0.25, 0.3) is 0 Å². The van der Waals surface area contributed by atoms with Crippen molar-refractivity contribution in [3.63, 3.8) is 0 Å². The van der Waals surface area contributed by atoms with E-state index < -0.39 is 15.6 Å². The molecule has 2 heterocycles. The first-order valence-electron chi connectivity index (χ1n) is 13.5. The minimum absolute atomic E-state index is 0. The molecule has 1 aromatic heterocycles. The standard InChI is InChI=1S/C27H36N6O3S.C2H6.CH4.2H2/c1-20-19-28-26(30-21-10-12-23(13-11-21)36-17-16-33-14-5-6-15-33)31-25(20)29-22-8-7-9-24(18-22)37(34,35)32-27(2,3)4;1-2;;;/h7-13,18-19,32H,5-6,14-17H2,1-4H3,(H2,28,29,30,31);1-2H3;1H4;2*1H. The Kier molecular flexibility index (Phi) is 12.4. The normalized spacial score (nSPS) is 13.6. The first-order valence-corrected chi connectivity index (χ1v) is 15.0. The van der Waals surface area contributed by atoms with Crippen molar-refractivity contribution in [3.8, 4) is 5.75 Å². The van der Waals surface area contributed by atoms with Gasteiger partial charge >= 0.3 is 0 Å². The van der Waals surface area contributed by atoms with Crippen molar-refractivity contribution in [1.29, 1.82) is 0 Å². The molecule has 0 spiro atoms. The number of hydrogen-bond acceptors (Lipinski definition) is 8. The topological polar surface area (TPSA) is 108 Å². The number of aryl methyl sites for hydroxylation is 1. The highest BCUT2D eigenvalue weighted by molar-refractivity contribution is 7.89. The average Bonchev–Trinajstić information content (AvgIpc) is 3.41. The third-order valence-electron chi connectivity index (χ3n) is 5.80. The van der Waals surface area contributed by atoms with Crippen LogP contribution in [-0.4, -0.2) is 55.1 Å². The largest absolute Gasteiger partial charge is 0.492 e. The summed E-state index contributed by atoms with van der Waals surface area (Å²) in [6.45, 7) is 15.3. The summed E-state index contributed by atoms with van der Waals surface area (Å²) < 4.78 is 34.0. The van der Waals surface area contributed by atoms with Gasteiger partial charge in [-0.3, -0.25) is 4.90 Å². The van der Waals surface area contributed by atoms with Crippen LogP contribution < -0.4 is 20.1 Å². The lowest BCUT2D eigenvalue weighted by Crippen LogP contribution is -2.40. The molecule has 3 N–H and O–H groups in total. The zero-order valence-electron chi connectivity index (χ0n) is 23.9. The van der Waals surface area contributed by atoms with Gasteiger partial charge in [-0.25, -0.2) is 18.1 Å². The zero-order valence-corrected chi connectivity index (χ0v) is 24.7. The molecule has 0 bridgehead atoms. The van der Waals surface area contributed by atoms with Crippen LogP contribution >= 0.6 is 0 Å². The third kappa shape index (κ3) is 10.1. The molecule has 0 unspecified atom stereocenters. The van der Waals surface area contributed by atoms with Crippen LogP contribution in [0.25, 0.3) is 0 Å². The number of anilines is 4. The number of likely N-dealkylation sites (tertiary alicyclic amines) is 1. The van der Waals surface area contributed by atoms with Crippen LogP contribution in [0.3, 0.4) is 0 Å². The van der Waals surface area contributed by atoms with E-state index in [1.807, 2.05) is 65.8 Å². The number of ether oxygens (including phenoxy) is 1. The summed E-state index contributed by atoms with van der Waals surface area (Å²) in [7, 11) is -3.65. The number of rotatable bonds is 10. The number of nitrogens with zero attached hydrogens (tertiary/aromatic N) is 3. The number of sulfonamides is 1. The average molecular weight is 575 g/mol. The minimum atomic E-state index is -3.65. The predicted molar refractivity (Wildman–Crippen MR) is 170 cm³/mol. The molecular weight excluding hydrogens is 524 g/mol. The second-order valence-electron chi connectivity index (χ2n) is 10.3. The van der Waals surface area contributed by atoms with E-state index in [4.69, 9.17) is 4.74 Å². The van der Waals surface area contributed by atoms with Gasteiger partial charge in [-0.1, -0.05) is 27.3 Å². The zero-order chi connectivity index (χ0) is 28.5. The Bertz CT molecular complexity index is 1310. The van der Waals surface area contributed by atoms with Crippen molar-refractivity contribution in [2.45, 2.75) is 72.2 Å². The van der Waals surface area contributed by atoms with Gasteiger partial charge in [-0.15, -0.1) is 0 Å². The van der Waals surface area contributed by atoms with E-state index in [0.29, 0.717) is 24.1 Å². The highest BCUT2D eigenvalue weighted by Gasteiger charge is 2.22. The van der Waals surface area contributed by atoms with Crippen LogP contribution in [0.1, 0.15) is 63.3 Å². The van der Waals surface area contributed by atoms with Crippen molar-refractivity contribution in [1.82, 2.24) is 19.6 Å². The Morgan fingerprint density at radius 3 is 2.33 bits per heavy atom. The molecule has 40 heavy (non-hydrogen) atoms. The Morgan fingerprint density at radius 2 is 1.68 bits per heavy atom. The molecule has 0 atom stereocenters. The highest BCUT2D eigenvalue weighted by Crippen LogP contribution is 2.24. The molecule has 1 aliphatic heterocycles. The molecular formula is C30H50N6O3S. The fourth-order valence-electron chi connectivity index (χ4n) is 4.03. The smallest absolute Gasteiger partial charge is 0.241 e. The van der Waals surface area contributed by atoms with Gasteiger partial charge in [0.2, 0.25) is 16.0 Å². The lowest BCUT2D eigenvalue weighted by atomic mass is 10.1. The molecule has 1 fully saturated rings. The van der Waals surface area contributed by atoms with E-state index in [-0.39, 0.29) is 15.2 Å². The first kappa shape index (κ1) is 33.0. The van der Waals surface area contributed by atoms with Crippen molar-refractivity contribution in [3.05, 3.63) is 60.3 Å². The summed E-state index contributed by atoms with van der Waals surface area (Å²) in [6.07, 6.45) is 4.28. The molecule has 0 saturated carbocycles. The second kappa shape index (κ2) is 15.0. The Hall–Kier alpha value is -3.21. The molecule has 3 aromatic rings. The van der Waals surface area contributed by atoms with Crippen LogP contribution in [0.4, 0.5) is 23.1 Å². The number of aromatic nitrogens is 2. The Morgan fingerprint density at radius 1 is 1.00 bits per heavy atom. The SMILES string of the molecule is C.CC.Cc1cnc(Nc2ccc(OCCN3CCCC3)cc2)nc1Nc1cccc(S(=O)(=O)NC(C)(C)C)c1.[HH].[HH]. The second-order valence-corrected chi connectivity index (χ2v) is 12.0. The van der Waals surface area contributed by atoms with Crippen LogP contribution in [0, 0.1) is 6.92 Å². The van der Waals surface area contributed by atoms with Gasteiger partial charge in [-0.2, -0.15) is 4.98 Å². The van der Waals surface area contributed by atoms with Crippen molar-refractivity contribution in [2.24, 2.45) is 0 Å². The highest BCUT2D eigenvalue weighted by atomic mass is 32.2. The van der Waals surface area contributed by atoms with Gasteiger partial charge in [0.05, 0.1) is 4.90 Å². The van der Waals surface area contributed by atoms with Gasteiger partial charge in [-0.05, 0) is 96.1 Å². The first-order chi connectivity index (χ1) is 18.6. The van der Waals surface area contributed by atoms with Crippen molar-refractivity contribution in [2.75, 3.05) is 36.9 Å². The molecule has 224 valence electrons. The van der Waals surface area contributed by atoms with Crippen molar-refractivity contribution < 1.29 is 16.0 Å². The Labute approximate surface area is 243 Å². The maximum absolute atomic E-state index is 12.7. The van der Waals surface area contributed by atoms with E-state index in [9.17, 15) is 8.42 Å². The quantitative estimate of drug-likeness (QED) is 0.238. The van der Waals surface area contributed by atoms with E-state index in [1.54, 1.807) is 30.5 Å². The lowest BCUT2D eigenvalue weighted by Gasteiger charge is -2.20. The van der Waals surface area contributed by atoms with Crippen molar-refractivity contribution >= 4 is 33.2 Å². The van der Waals surface area contributed by atoms with Crippen LogP contribution in [0.2, 0.25) is 0 Å². The molecule has 0 radical (unpaired) electrons. The Balaban J connectivity index is 0.00000329. The van der Waals surface area contributed by atoms with Gasteiger partial charge in [0.15, 0.2) is 0 Å². The summed E-state index contributed by atoms with van der Waals surface area (Å²) in [4.78, 5) is 11.6. The maximum atomic E-state index is 12.7. The van der Waals surface area contributed by atoms with E-state index in [2.05, 4.69) is 30.2 Å². The fraction of sp³-hybridized carbons (Fsp3) is 0.467. The molecule has 0 amide bonds. The molecule has 4 rings (SSSR count). The third-order valence-corrected chi connectivity index (χ3v) is 7.56. The number of nitrogens with one attached hydrogen (secondary N) is 3. The summed E-state index contributed by atoms with van der Waals surface area (Å²) in [5.41, 5.74) is 1.70. The minimum Gasteiger partial charge on any atom is -0.492 e. The number of hydrogen-bond donors (Lipinski definition) is 3. The molecule has 2 aromatic carbocycles. The fourth-order valence-corrected chi connectivity index (χ4v) is 5.49. The predicted octanol–water partition coefficient (Wildman–Crippen LogP) is 6.98. The van der Waals surface area contributed by atoms with E-state index >= 15 is 0 Å². The van der Waals surface area contributed by atoms with E-state index in [0.717, 1.165) is 23.5 Å². The summed E-state index contributed by atoms with van der Waals surface area (Å²) in [5, 5.41) is 6.44. The summed E-state index contributed by atoms with van der Waals surface area (Å²) in [5.74, 6) is 1.83.